The number of aliphatic hydroxyl groups excluding tert-OH is 4. The minimum Gasteiger partial charge on any atom is -0.480 e. The van der Waals surface area contributed by atoms with Crippen LogP contribution in [0.2, 0.25) is 0 Å². The molecule has 0 spiro atoms. The fraction of sp³-hybridized carbons (Fsp3) is 0.786. The molecule has 0 aromatic rings. The van der Waals surface area contributed by atoms with Gasteiger partial charge in [-0.25, -0.2) is 4.79 Å². The molecule has 15 heteroatoms. The number of alkyl halides is 2. The Bertz CT molecular complexity index is 635. The third-order valence-corrected chi connectivity index (χ3v) is 4.20. The predicted octanol–water partition coefficient (Wildman–Crippen LogP) is -5.18. The second kappa shape index (κ2) is 9.21. The topological polar surface area (TPSA) is 232 Å². The molecule has 29 heavy (non-hydrogen) atoms. The fourth-order valence-corrected chi connectivity index (χ4v) is 2.39. The first-order valence-corrected chi connectivity index (χ1v) is 8.20. The third-order valence-electron chi connectivity index (χ3n) is 4.20. The number of carbonyl (C=O) groups excluding carboxylic acids is 2. The molecule has 0 saturated carbocycles. The van der Waals surface area contributed by atoms with Gasteiger partial charge in [0.15, 0.2) is 0 Å². The maximum absolute atomic E-state index is 14.5. The molecular weight excluding hydrogens is 408 g/mol. The number of halogens is 2. The van der Waals surface area contributed by atoms with E-state index in [2.05, 4.69) is 4.74 Å². The van der Waals surface area contributed by atoms with Crippen LogP contribution in [0.1, 0.15) is 6.92 Å². The Labute approximate surface area is 162 Å². The van der Waals surface area contributed by atoms with Gasteiger partial charge in [-0.2, -0.15) is 8.78 Å². The molecule has 1 rings (SSSR count). The average molecular weight is 431 g/mol. The van der Waals surface area contributed by atoms with Gasteiger partial charge in [-0.05, 0) is 6.92 Å². The summed E-state index contributed by atoms with van der Waals surface area (Å²) in [7, 11) is 0. The number of nitrogens with one attached hydrogen (secondary N) is 2. The van der Waals surface area contributed by atoms with E-state index in [0.717, 1.165) is 0 Å². The molecule has 0 aromatic heterocycles. The average Bonchev–Trinajstić information content (AvgIpc) is 2.65. The van der Waals surface area contributed by atoms with Gasteiger partial charge in [0, 0.05) is 6.54 Å². The van der Waals surface area contributed by atoms with Crippen LogP contribution in [-0.2, 0) is 19.1 Å². The van der Waals surface area contributed by atoms with E-state index >= 15 is 0 Å². The Kier molecular flexibility index (Phi) is 7.94. The zero-order valence-corrected chi connectivity index (χ0v) is 15.0. The molecule has 0 aliphatic carbocycles. The molecule has 1 aliphatic rings. The van der Waals surface area contributed by atoms with Crippen LogP contribution < -0.4 is 16.4 Å². The number of ether oxygens (including phenoxy) is 1. The number of rotatable bonds is 8. The summed E-state index contributed by atoms with van der Waals surface area (Å²) in [6.45, 7) is -1.01. The quantitative estimate of drug-likeness (QED) is 0.176. The largest absolute Gasteiger partial charge is 0.480 e. The number of hydrogen-bond acceptors (Lipinski definition) is 10. The zero-order valence-electron chi connectivity index (χ0n) is 15.0. The molecule has 0 unspecified atom stereocenters. The van der Waals surface area contributed by atoms with Crippen molar-refractivity contribution in [3.63, 3.8) is 0 Å². The summed E-state index contributed by atoms with van der Waals surface area (Å²) in [6, 6.07) is -3.00. The van der Waals surface area contributed by atoms with Gasteiger partial charge >= 0.3 is 11.9 Å². The number of aliphatic hydroxyl groups is 5. The van der Waals surface area contributed by atoms with Crippen LogP contribution in [0.5, 0.6) is 0 Å². The van der Waals surface area contributed by atoms with Gasteiger partial charge in [-0.15, -0.1) is 0 Å². The van der Waals surface area contributed by atoms with Gasteiger partial charge in [-0.3, -0.25) is 9.59 Å². The van der Waals surface area contributed by atoms with E-state index in [0.29, 0.717) is 0 Å². The van der Waals surface area contributed by atoms with Gasteiger partial charge in [0.25, 0.3) is 11.7 Å². The smallest absolute Gasteiger partial charge is 0.379 e. The number of nitrogens with two attached hydrogens (primary N) is 1. The second-order valence-corrected chi connectivity index (χ2v) is 6.43. The van der Waals surface area contributed by atoms with Crippen molar-refractivity contribution in [2.24, 2.45) is 5.73 Å². The molecule has 0 bridgehead atoms. The normalized spacial score (nSPS) is 32.2. The summed E-state index contributed by atoms with van der Waals surface area (Å²) in [5.74, 6) is -14.0. The summed E-state index contributed by atoms with van der Waals surface area (Å²) < 4.78 is 33.4. The van der Waals surface area contributed by atoms with Gasteiger partial charge < -0.3 is 51.7 Å². The number of carboxylic acids is 1. The van der Waals surface area contributed by atoms with Crippen LogP contribution in [0.3, 0.4) is 0 Å². The maximum atomic E-state index is 14.5. The number of carbonyl (C=O) groups is 3. The van der Waals surface area contributed by atoms with E-state index in [1.165, 1.54) is 12.2 Å². The molecule has 13 nitrogen and oxygen atoms in total. The predicted molar refractivity (Wildman–Crippen MR) is 86.1 cm³/mol. The molecule has 1 heterocycles. The highest BCUT2D eigenvalue weighted by atomic mass is 19.3. The zero-order chi connectivity index (χ0) is 22.7. The highest BCUT2D eigenvalue weighted by molar-refractivity contribution is 5.88. The van der Waals surface area contributed by atoms with Gasteiger partial charge in [0.1, 0.15) is 30.5 Å². The van der Waals surface area contributed by atoms with Crippen molar-refractivity contribution in [1.29, 1.82) is 0 Å². The Hall–Kier alpha value is -2.01. The van der Waals surface area contributed by atoms with E-state index < -0.39 is 79.1 Å². The Morgan fingerprint density at radius 1 is 1.24 bits per heavy atom. The van der Waals surface area contributed by atoms with Crippen LogP contribution >= 0.6 is 0 Å². The van der Waals surface area contributed by atoms with Crippen molar-refractivity contribution in [1.82, 2.24) is 10.6 Å². The Morgan fingerprint density at radius 3 is 2.24 bits per heavy atom. The first-order valence-electron chi connectivity index (χ1n) is 8.20. The van der Waals surface area contributed by atoms with E-state index in [-0.39, 0.29) is 0 Å². The molecule has 0 aromatic carbocycles. The van der Waals surface area contributed by atoms with Crippen molar-refractivity contribution in [3.8, 4) is 0 Å². The van der Waals surface area contributed by atoms with Crippen molar-refractivity contribution < 1.29 is 58.5 Å². The summed E-state index contributed by atoms with van der Waals surface area (Å²) in [6.07, 6.45) is -9.33. The summed E-state index contributed by atoms with van der Waals surface area (Å²) in [4.78, 5) is 34.4. The lowest BCUT2D eigenvalue weighted by Gasteiger charge is -2.47. The maximum Gasteiger partial charge on any atom is 0.379 e. The van der Waals surface area contributed by atoms with Crippen molar-refractivity contribution in [2.75, 3.05) is 13.2 Å². The Morgan fingerprint density at radius 2 is 1.79 bits per heavy atom. The number of hydrogen-bond donors (Lipinski definition) is 9. The van der Waals surface area contributed by atoms with Gasteiger partial charge in [0.2, 0.25) is 5.91 Å². The molecule has 168 valence electrons. The molecule has 0 radical (unpaired) electrons. The highest BCUT2D eigenvalue weighted by Crippen LogP contribution is 2.39. The first-order chi connectivity index (χ1) is 13.2. The molecule has 7 atom stereocenters. The summed E-state index contributed by atoms with van der Waals surface area (Å²) >= 11 is 0. The first kappa shape index (κ1) is 25.0. The molecular formula is C14H23F2N3O10. The van der Waals surface area contributed by atoms with Crippen LogP contribution in [-0.4, -0.2) is 110 Å². The van der Waals surface area contributed by atoms with E-state index in [9.17, 15) is 43.6 Å². The number of carboxylic acid groups (broad SMARTS) is 1. The lowest BCUT2D eigenvalue weighted by Crippen LogP contribution is -2.74. The monoisotopic (exact) mass is 431 g/mol. The molecule has 10 N–H and O–H groups in total. The highest BCUT2D eigenvalue weighted by Gasteiger charge is 2.69. The van der Waals surface area contributed by atoms with Crippen LogP contribution in [0.4, 0.5) is 8.78 Å². The molecule has 1 saturated heterocycles. The summed E-state index contributed by atoms with van der Waals surface area (Å²) in [5, 5.41) is 60.3. The lowest BCUT2D eigenvalue weighted by molar-refractivity contribution is -0.401. The minimum atomic E-state index is -4.99. The van der Waals surface area contributed by atoms with Gasteiger partial charge in [-0.1, -0.05) is 0 Å². The van der Waals surface area contributed by atoms with Crippen molar-refractivity contribution >= 4 is 17.8 Å². The van der Waals surface area contributed by atoms with Gasteiger partial charge in [0.05, 0.1) is 12.6 Å². The summed E-state index contributed by atoms with van der Waals surface area (Å²) in [5.41, 5.74) is 5.24. The third kappa shape index (κ3) is 4.95. The molecule has 1 fully saturated rings. The SMILES string of the molecule is C[C@@H](N)C(=O)N[C@@H](CNC(=O)C(F)(F)[C@]1(O)O[C@H](CO)[C@H](O)[C@H](O)[C@H]1O)C(=O)O. The van der Waals surface area contributed by atoms with E-state index in [4.69, 9.17) is 15.9 Å². The van der Waals surface area contributed by atoms with Crippen LogP contribution in [0, 0.1) is 0 Å². The van der Waals surface area contributed by atoms with E-state index in [1.54, 1.807) is 0 Å². The number of aliphatic carboxylic acids is 1. The van der Waals surface area contributed by atoms with Crippen molar-refractivity contribution in [2.45, 2.75) is 55.1 Å². The number of amides is 2. The van der Waals surface area contributed by atoms with Crippen molar-refractivity contribution in [3.05, 3.63) is 0 Å². The second-order valence-electron chi connectivity index (χ2n) is 6.43. The fourth-order valence-electron chi connectivity index (χ4n) is 2.39. The van der Waals surface area contributed by atoms with E-state index in [1.807, 2.05) is 5.32 Å². The lowest BCUT2D eigenvalue weighted by atomic mass is 9.88. The van der Waals surface area contributed by atoms with Crippen LogP contribution in [0.15, 0.2) is 0 Å². The Balaban J connectivity index is 2.98. The standard InChI is InChI=1S/C14H23F2N3O10/c1-4(17)10(24)19-5(11(25)26)2-18-12(27)13(15,16)14(28)9(23)8(22)7(21)6(3-20)29-14/h4-9,20-23,28H,2-3,17H2,1H3,(H,18,27)(H,19,24)(H,25,26)/t4-,5+,6-,7+,8+,9-,14-/m1/s1. The molecule has 2 amide bonds. The minimum absolute atomic E-state index is 0.953. The van der Waals surface area contributed by atoms with Crippen LogP contribution in [0.25, 0.3) is 0 Å². The molecule has 1 aliphatic heterocycles.